The minimum Gasteiger partial charge on any atom is -0.300 e. The van der Waals surface area contributed by atoms with E-state index in [1.54, 1.807) is 0 Å². The van der Waals surface area contributed by atoms with Gasteiger partial charge in [0, 0.05) is 17.1 Å². The molecule has 0 saturated carbocycles. The van der Waals surface area contributed by atoms with Crippen LogP contribution in [0.5, 0.6) is 0 Å². The third-order valence-corrected chi connectivity index (χ3v) is 4.94. The number of nitrogens with zero attached hydrogens (tertiary/aromatic N) is 2. The van der Waals surface area contributed by atoms with Crippen molar-refractivity contribution in [2.24, 2.45) is 0 Å². The molecule has 2 fully saturated rings. The van der Waals surface area contributed by atoms with E-state index in [9.17, 15) is 0 Å². The Morgan fingerprint density at radius 1 is 0.875 bits per heavy atom. The highest BCUT2D eigenvalue weighted by atomic mass is 15.3. The molecule has 0 spiro atoms. The van der Waals surface area contributed by atoms with Gasteiger partial charge < -0.3 is 4.90 Å². The molecule has 94 valence electrons. The lowest BCUT2D eigenvalue weighted by molar-refractivity contribution is -0.0429. The average molecular weight is 224 g/mol. The quantitative estimate of drug-likeness (QED) is 0.676. The highest BCUT2D eigenvalue weighted by molar-refractivity contribution is 5.01. The molecule has 0 aromatic rings. The minimum atomic E-state index is 0.342. The summed E-state index contributed by atoms with van der Waals surface area (Å²) in [6, 6.07) is 0.809. The van der Waals surface area contributed by atoms with Crippen molar-refractivity contribution in [1.29, 1.82) is 0 Å². The van der Waals surface area contributed by atoms with Gasteiger partial charge in [0.25, 0.3) is 0 Å². The van der Waals surface area contributed by atoms with Crippen LogP contribution >= 0.6 is 0 Å². The SMILES string of the molecule is CN1C(C)(C)CC(N2CCCC2)CC1(C)C. The summed E-state index contributed by atoms with van der Waals surface area (Å²) >= 11 is 0. The maximum absolute atomic E-state index is 2.73. The lowest BCUT2D eigenvalue weighted by atomic mass is 9.77. The zero-order valence-corrected chi connectivity index (χ0v) is 11.7. The van der Waals surface area contributed by atoms with Gasteiger partial charge in [0.1, 0.15) is 0 Å². The predicted octanol–water partition coefficient (Wildman–Crippen LogP) is 2.73. The van der Waals surface area contributed by atoms with Crippen molar-refractivity contribution in [3.63, 3.8) is 0 Å². The van der Waals surface area contributed by atoms with Gasteiger partial charge in [0.2, 0.25) is 0 Å². The van der Waals surface area contributed by atoms with Gasteiger partial charge in [-0.1, -0.05) is 0 Å². The molecule has 0 radical (unpaired) electrons. The molecule has 0 amide bonds. The summed E-state index contributed by atoms with van der Waals surface area (Å²) in [5, 5.41) is 0. The molecule has 2 aliphatic rings. The number of rotatable bonds is 1. The first-order chi connectivity index (χ1) is 7.33. The highest BCUT2D eigenvalue weighted by Crippen LogP contribution is 2.39. The number of hydrogen-bond donors (Lipinski definition) is 0. The highest BCUT2D eigenvalue weighted by Gasteiger charge is 2.44. The summed E-state index contributed by atoms with van der Waals surface area (Å²) in [6.45, 7) is 12.3. The van der Waals surface area contributed by atoms with Crippen LogP contribution in [-0.2, 0) is 0 Å². The summed E-state index contributed by atoms with van der Waals surface area (Å²) in [5.41, 5.74) is 0.685. The van der Waals surface area contributed by atoms with Crippen LogP contribution in [0.3, 0.4) is 0 Å². The Labute approximate surface area is 101 Å². The first-order valence-corrected chi connectivity index (χ1v) is 6.81. The molecule has 0 unspecified atom stereocenters. The first-order valence-electron chi connectivity index (χ1n) is 6.81. The molecule has 0 N–H and O–H groups in total. The normalized spacial score (nSPS) is 32.1. The van der Waals surface area contributed by atoms with E-state index in [4.69, 9.17) is 0 Å². The van der Waals surface area contributed by atoms with Gasteiger partial charge in [-0.05, 0) is 73.5 Å². The van der Waals surface area contributed by atoms with E-state index in [1.807, 2.05) is 0 Å². The summed E-state index contributed by atoms with van der Waals surface area (Å²) in [4.78, 5) is 5.31. The van der Waals surface area contributed by atoms with E-state index in [0.29, 0.717) is 11.1 Å². The lowest BCUT2D eigenvalue weighted by Crippen LogP contribution is -2.62. The Morgan fingerprint density at radius 2 is 1.31 bits per heavy atom. The van der Waals surface area contributed by atoms with E-state index >= 15 is 0 Å². The van der Waals surface area contributed by atoms with Gasteiger partial charge in [-0.3, -0.25) is 4.90 Å². The van der Waals surface area contributed by atoms with Crippen LogP contribution in [0.4, 0.5) is 0 Å². The van der Waals surface area contributed by atoms with E-state index in [2.05, 4.69) is 44.5 Å². The molecule has 0 aliphatic carbocycles. The predicted molar refractivity (Wildman–Crippen MR) is 69.8 cm³/mol. The average Bonchev–Trinajstić information content (AvgIpc) is 2.65. The van der Waals surface area contributed by atoms with Crippen LogP contribution in [0.15, 0.2) is 0 Å². The van der Waals surface area contributed by atoms with Gasteiger partial charge in [-0.2, -0.15) is 0 Å². The van der Waals surface area contributed by atoms with Crippen molar-refractivity contribution in [2.75, 3.05) is 20.1 Å². The summed E-state index contributed by atoms with van der Waals surface area (Å²) in [5.74, 6) is 0. The van der Waals surface area contributed by atoms with Gasteiger partial charge in [0.15, 0.2) is 0 Å². The first kappa shape index (κ1) is 12.4. The smallest absolute Gasteiger partial charge is 0.0170 e. The summed E-state index contributed by atoms with van der Waals surface area (Å²) < 4.78 is 0. The van der Waals surface area contributed by atoms with Crippen molar-refractivity contribution in [3.8, 4) is 0 Å². The van der Waals surface area contributed by atoms with Crippen LogP contribution in [0, 0.1) is 0 Å². The van der Waals surface area contributed by atoms with Crippen LogP contribution < -0.4 is 0 Å². The van der Waals surface area contributed by atoms with E-state index in [1.165, 1.54) is 38.8 Å². The maximum atomic E-state index is 2.73. The third-order valence-electron chi connectivity index (χ3n) is 4.94. The third kappa shape index (κ3) is 2.14. The molecule has 0 bridgehead atoms. The van der Waals surface area contributed by atoms with Gasteiger partial charge >= 0.3 is 0 Å². The van der Waals surface area contributed by atoms with Crippen LogP contribution in [0.2, 0.25) is 0 Å². The number of hydrogen-bond acceptors (Lipinski definition) is 2. The Kier molecular flexibility index (Phi) is 3.09. The van der Waals surface area contributed by atoms with Crippen molar-refractivity contribution in [1.82, 2.24) is 9.80 Å². The fourth-order valence-electron chi connectivity index (χ4n) is 3.68. The topological polar surface area (TPSA) is 6.48 Å². The second kappa shape index (κ2) is 3.99. The second-order valence-electron chi connectivity index (χ2n) is 6.99. The summed E-state index contributed by atoms with van der Waals surface area (Å²) in [6.07, 6.45) is 5.47. The standard InChI is InChI=1S/C14H28N2/c1-13(2)10-12(16-8-6-7-9-16)11-14(3,4)15(13)5/h12H,6-11H2,1-5H3. The van der Waals surface area contributed by atoms with Crippen LogP contribution in [0.25, 0.3) is 0 Å². The molecule has 2 saturated heterocycles. The maximum Gasteiger partial charge on any atom is 0.0170 e. The molecular weight excluding hydrogens is 196 g/mol. The Balaban J connectivity index is 2.12. The van der Waals surface area contributed by atoms with Gasteiger partial charge in [-0.15, -0.1) is 0 Å². The Bertz CT molecular complexity index is 233. The van der Waals surface area contributed by atoms with Crippen molar-refractivity contribution < 1.29 is 0 Å². The van der Waals surface area contributed by atoms with E-state index < -0.39 is 0 Å². The Morgan fingerprint density at radius 3 is 1.75 bits per heavy atom. The minimum absolute atomic E-state index is 0.342. The molecule has 2 nitrogen and oxygen atoms in total. The summed E-state index contributed by atoms with van der Waals surface area (Å²) in [7, 11) is 2.29. The molecule has 0 aromatic carbocycles. The molecule has 0 atom stereocenters. The molecule has 0 aromatic heterocycles. The number of piperidine rings is 1. The molecule has 2 rings (SSSR count). The van der Waals surface area contributed by atoms with E-state index in [0.717, 1.165) is 6.04 Å². The second-order valence-corrected chi connectivity index (χ2v) is 6.99. The van der Waals surface area contributed by atoms with Crippen molar-refractivity contribution in [2.45, 2.75) is 70.5 Å². The van der Waals surface area contributed by atoms with Crippen LogP contribution in [0.1, 0.15) is 53.4 Å². The zero-order valence-electron chi connectivity index (χ0n) is 11.7. The molecule has 2 heterocycles. The fraction of sp³-hybridized carbons (Fsp3) is 1.00. The molecule has 2 aliphatic heterocycles. The largest absolute Gasteiger partial charge is 0.300 e. The molecule has 16 heavy (non-hydrogen) atoms. The van der Waals surface area contributed by atoms with Crippen molar-refractivity contribution in [3.05, 3.63) is 0 Å². The monoisotopic (exact) mass is 224 g/mol. The van der Waals surface area contributed by atoms with Gasteiger partial charge in [-0.25, -0.2) is 0 Å². The molecule has 2 heteroatoms. The lowest BCUT2D eigenvalue weighted by Gasteiger charge is -2.55. The Hall–Kier alpha value is -0.0800. The van der Waals surface area contributed by atoms with Gasteiger partial charge in [0.05, 0.1) is 0 Å². The molecular formula is C14H28N2. The van der Waals surface area contributed by atoms with Crippen LogP contribution in [-0.4, -0.2) is 47.1 Å². The van der Waals surface area contributed by atoms with Crippen molar-refractivity contribution >= 4 is 0 Å². The van der Waals surface area contributed by atoms with E-state index in [-0.39, 0.29) is 0 Å². The number of likely N-dealkylation sites (tertiary alicyclic amines) is 2. The zero-order chi connectivity index (χ0) is 12.0. The fourth-order valence-corrected chi connectivity index (χ4v) is 3.68.